The van der Waals surface area contributed by atoms with E-state index in [2.05, 4.69) is 5.32 Å². The Morgan fingerprint density at radius 3 is 2.35 bits per heavy atom. The zero-order chi connectivity index (χ0) is 14.9. The smallest absolute Gasteiger partial charge is 0.253 e. The average Bonchev–Trinajstić information content (AvgIpc) is 2.43. The number of anilines is 1. The topological polar surface area (TPSA) is 49.4 Å². The van der Waals surface area contributed by atoms with Crippen LogP contribution >= 0.6 is 0 Å². The third kappa shape index (κ3) is 2.30. The molecule has 2 rings (SSSR count). The Hall–Kier alpha value is -1.84. The Kier molecular flexibility index (Phi) is 3.84. The Labute approximate surface area is 120 Å². The number of hydrogen-bond donors (Lipinski definition) is 1. The molecule has 1 aromatic rings. The van der Waals surface area contributed by atoms with Gasteiger partial charge in [-0.1, -0.05) is 39.0 Å². The first-order chi connectivity index (χ1) is 9.40. The normalized spacial score (nSPS) is 26.9. The van der Waals surface area contributed by atoms with Gasteiger partial charge in [-0.25, -0.2) is 0 Å². The van der Waals surface area contributed by atoms with E-state index in [1.165, 1.54) is 0 Å². The second-order valence-corrected chi connectivity index (χ2v) is 5.87. The molecule has 2 atom stereocenters. The summed E-state index contributed by atoms with van der Waals surface area (Å²) < 4.78 is 0. The van der Waals surface area contributed by atoms with Gasteiger partial charge in [0.15, 0.2) is 0 Å². The summed E-state index contributed by atoms with van der Waals surface area (Å²) in [6.07, 6.45) is 0.575. The van der Waals surface area contributed by atoms with Crippen molar-refractivity contribution >= 4 is 17.5 Å². The van der Waals surface area contributed by atoms with Gasteiger partial charge in [-0.05, 0) is 31.4 Å². The van der Waals surface area contributed by atoms with Crippen molar-refractivity contribution in [3.8, 4) is 0 Å². The fraction of sp³-hybridized carbons (Fsp3) is 0.500. The van der Waals surface area contributed by atoms with Crippen molar-refractivity contribution < 1.29 is 9.59 Å². The van der Waals surface area contributed by atoms with E-state index < -0.39 is 11.6 Å². The molecule has 1 aliphatic rings. The van der Waals surface area contributed by atoms with Crippen LogP contribution in [-0.4, -0.2) is 23.4 Å². The third-order valence-electron chi connectivity index (χ3n) is 4.01. The minimum absolute atomic E-state index is 0.0375. The third-order valence-corrected chi connectivity index (χ3v) is 4.01. The van der Waals surface area contributed by atoms with Crippen LogP contribution in [0.4, 0.5) is 5.69 Å². The molecule has 0 aromatic heterocycles. The van der Waals surface area contributed by atoms with Gasteiger partial charge in [0.2, 0.25) is 5.91 Å². The molecule has 1 aliphatic heterocycles. The summed E-state index contributed by atoms with van der Waals surface area (Å²) in [6.45, 7) is 7.63. The molecule has 1 fully saturated rings. The second-order valence-electron chi connectivity index (χ2n) is 5.87. The van der Waals surface area contributed by atoms with Gasteiger partial charge in [0.05, 0.1) is 0 Å². The van der Waals surface area contributed by atoms with Crippen molar-refractivity contribution in [2.75, 3.05) is 4.90 Å². The highest BCUT2D eigenvalue weighted by atomic mass is 16.2. The summed E-state index contributed by atoms with van der Waals surface area (Å²) in [5.74, 6) is -0.0575. The molecular weight excluding hydrogens is 252 g/mol. The van der Waals surface area contributed by atoms with Crippen molar-refractivity contribution in [1.29, 1.82) is 0 Å². The Morgan fingerprint density at radius 1 is 1.25 bits per heavy atom. The molecule has 0 saturated carbocycles. The summed E-state index contributed by atoms with van der Waals surface area (Å²) in [6, 6.07) is 8.97. The number of nitrogens with zero attached hydrogens (tertiary/aromatic N) is 1. The Bertz CT molecular complexity index is 512. The van der Waals surface area contributed by atoms with Crippen LogP contribution in [0.3, 0.4) is 0 Å². The van der Waals surface area contributed by atoms with Crippen LogP contribution in [-0.2, 0) is 9.59 Å². The molecule has 1 heterocycles. The number of amides is 2. The lowest BCUT2D eigenvalue weighted by atomic mass is 9.88. The molecule has 2 amide bonds. The van der Waals surface area contributed by atoms with Gasteiger partial charge in [-0.3, -0.25) is 14.5 Å². The lowest BCUT2D eigenvalue weighted by molar-refractivity contribution is -0.138. The summed E-state index contributed by atoms with van der Waals surface area (Å²) in [4.78, 5) is 26.9. The van der Waals surface area contributed by atoms with Gasteiger partial charge in [-0.15, -0.1) is 0 Å². The van der Waals surface area contributed by atoms with E-state index in [1.54, 1.807) is 11.8 Å². The highest BCUT2D eigenvalue weighted by molar-refractivity contribution is 6.10. The van der Waals surface area contributed by atoms with E-state index in [4.69, 9.17) is 0 Å². The summed E-state index contributed by atoms with van der Waals surface area (Å²) >= 11 is 0. The number of hydrogen-bond acceptors (Lipinski definition) is 2. The van der Waals surface area contributed by atoms with Gasteiger partial charge < -0.3 is 5.32 Å². The predicted molar refractivity (Wildman–Crippen MR) is 79.4 cm³/mol. The van der Waals surface area contributed by atoms with E-state index >= 15 is 0 Å². The molecule has 4 heteroatoms. The lowest BCUT2D eigenvalue weighted by Crippen LogP contribution is -2.70. The van der Waals surface area contributed by atoms with Crippen molar-refractivity contribution in [3.05, 3.63) is 30.3 Å². The van der Waals surface area contributed by atoms with Crippen molar-refractivity contribution in [2.24, 2.45) is 5.92 Å². The monoisotopic (exact) mass is 274 g/mol. The number of carbonyl (C=O) groups excluding carboxylic acids is 2. The van der Waals surface area contributed by atoms with Gasteiger partial charge in [0.25, 0.3) is 5.91 Å². The molecule has 0 spiro atoms. The molecule has 1 N–H and O–H groups in total. The second kappa shape index (κ2) is 5.27. The van der Waals surface area contributed by atoms with Gasteiger partial charge in [-0.2, -0.15) is 0 Å². The molecule has 4 nitrogen and oxygen atoms in total. The van der Waals surface area contributed by atoms with Crippen LogP contribution in [0.15, 0.2) is 30.3 Å². The van der Waals surface area contributed by atoms with Crippen LogP contribution in [0.5, 0.6) is 0 Å². The molecule has 20 heavy (non-hydrogen) atoms. The number of piperazine rings is 1. The first-order valence-corrected chi connectivity index (χ1v) is 7.11. The Morgan fingerprint density at radius 2 is 1.85 bits per heavy atom. The van der Waals surface area contributed by atoms with Crippen LogP contribution in [0.1, 0.15) is 34.1 Å². The minimum atomic E-state index is -0.821. The van der Waals surface area contributed by atoms with Crippen LogP contribution in [0.2, 0.25) is 0 Å². The van der Waals surface area contributed by atoms with Crippen LogP contribution < -0.4 is 10.2 Å². The lowest BCUT2D eigenvalue weighted by Gasteiger charge is -2.45. The molecule has 1 aromatic carbocycles. The van der Waals surface area contributed by atoms with E-state index in [1.807, 2.05) is 51.1 Å². The average molecular weight is 274 g/mol. The standard InChI is InChI=1S/C16H22N2O2/c1-5-16(4)15(20)18(12-9-7-6-8-10-12)13(11(2)3)14(19)17-16/h6-11,13H,5H2,1-4H3,(H,17,19). The quantitative estimate of drug-likeness (QED) is 0.919. The maximum Gasteiger partial charge on any atom is 0.253 e. The Balaban J connectivity index is 2.50. The fourth-order valence-electron chi connectivity index (χ4n) is 2.62. The maximum absolute atomic E-state index is 12.9. The van der Waals surface area contributed by atoms with E-state index in [0.717, 1.165) is 5.69 Å². The highest BCUT2D eigenvalue weighted by Gasteiger charge is 2.48. The number of nitrogens with one attached hydrogen (secondary N) is 1. The predicted octanol–water partition coefficient (Wildman–Crippen LogP) is 2.34. The van der Waals surface area contributed by atoms with Crippen LogP contribution in [0, 0.1) is 5.92 Å². The van der Waals surface area contributed by atoms with Crippen molar-refractivity contribution in [3.63, 3.8) is 0 Å². The zero-order valence-corrected chi connectivity index (χ0v) is 12.5. The first kappa shape index (κ1) is 14.6. The summed E-state index contributed by atoms with van der Waals surface area (Å²) in [5.41, 5.74) is -0.0380. The molecule has 0 bridgehead atoms. The minimum Gasteiger partial charge on any atom is -0.340 e. The maximum atomic E-state index is 12.9. The molecule has 2 unspecified atom stereocenters. The summed E-state index contributed by atoms with van der Waals surface area (Å²) in [5, 5.41) is 2.89. The number of carbonyl (C=O) groups is 2. The van der Waals surface area contributed by atoms with Crippen LogP contribution in [0.25, 0.3) is 0 Å². The molecule has 108 valence electrons. The van der Waals surface area contributed by atoms with Crippen molar-refractivity contribution in [2.45, 2.75) is 45.7 Å². The van der Waals surface area contributed by atoms with E-state index in [0.29, 0.717) is 6.42 Å². The summed E-state index contributed by atoms with van der Waals surface area (Å²) in [7, 11) is 0. The number of benzene rings is 1. The SMILES string of the molecule is CCC1(C)NC(=O)C(C(C)C)N(c2ccccc2)C1=O. The molecule has 0 radical (unpaired) electrons. The van der Waals surface area contributed by atoms with Crippen molar-refractivity contribution in [1.82, 2.24) is 5.32 Å². The molecular formula is C16H22N2O2. The molecule has 0 aliphatic carbocycles. The van der Waals surface area contributed by atoms with Gasteiger partial charge >= 0.3 is 0 Å². The van der Waals surface area contributed by atoms with Gasteiger partial charge in [0, 0.05) is 5.69 Å². The van der Waals surface area contributed by atoms with E-state index in [9.17, 15) is 9.59 Å². The zero-order valence-electron chi connectivity index (χ0n) is 12.5. The fourth-order valence-corrected chi connectivity index (χ4v) is 2.62. The highest BCUT2D eigenvalue weighted by Crippen LogP contribution is 2.29. The molecule has 1 saturated heterocycles. The number of para-hydroxylation sites is 1. The van der Waals surface area contributed by atoms with E-state index in [-0.39, 0.29) is 17.7 Å². The number of rotatable bonds is 3. The largest absolute Gasteiger partial charge is 0.340 e. The first-order valence-electron chi connectivity index (χ1n) is 7.11. The van der Waals surface area contributed by atoms with Gasteiger partial charge in [0.1, 0.15) is 11.6 Å².